The normalized spacial score (nSPS) is 12.1. The van der Waals surface area contributed by atoms with E-state index in [1.807, 2.05) is 0 Å². The van der Waals surface area contributed by atoms with E-state index in [1.165, 1.54) is 31.4 Å². The van der Waals surface area contributed by atoms with Crippen molar-refractivity contribution in [3.8, 4) is 5.75 Å². The minimum absolute atomic E-state index is 0.230. The van der Waals surface area contributed by atoms with E-state index in [1.54, 1.807) is 12.1 Å². The second kappa shape index (κ2) is 9.37. The van der Waals surface area contributed by atoms with Gasteiger partial charge in [0.05, 0.1) is 11.7 Å². The van der Waals surface area contributed by atoms with Crippen LogP contribution < -0.4 is 4.74 Å². The monoisotopic (exact) mass is 280 g/mol. The van der Waals surface area contributed by atoms with E-state index in [9.17, 15) is 9.90 Å². The Bertz CT molecular complexity index is 386. The summed E-state index contributed by atoms with van der Waals surface area (Å²) in [6.07, 6.45) is 6.15. The molecule has 0 heterocycles. The highest BCUT2D eigenvalue weighted by Crippen LogP contribution is 2.13. The molecule has 0 aromatic heterocycles. The van der Waals surface area contributed by atoms with Crippen LogP contribution in [-0.2, 0) is 0 Å². The minimum atomic E-state index is -0.955. The molecule has 0 aliphatic carbocycles. The fourth-order valence-corrected chi connectivity index (χ4v) is 1.95. The molecule has 0 radical (unpaired) electrons. The average molecular weight is 280 g/mol. The molecular weight excluding hydrogens is 256 g/mol. The maximum atomic E-state index is 10.7. The van der Waals surface area contributed by atoms with Crippen molar-refractivity contribution in [1.82, 2.24) is 0 Å². The number of carbonyl (C=O) groups is 1. The molecule has 4 heteroatoms. The average Bonchev–Trinajstić information content (AvgIpc) is 2.45. The summed E-state index contributed by atoms with van der Waals surface area (Å²) < 4.78 is 5.44. The van der Waals surface area contributed by atoms with Gasteiger partial charge in [-0.25, -0.2) is 4.79 Å². The molecule has 0 spiro atoms. The lowest BCUT2D eigenvalue weighted by Gasteiger charge is -2.12. The number of unbranched alkanes of at least 4 members (excludes halogenated alkanes) is 4. The number of ether oxygens (including phenoxy) is 1. The van der Waals surface area contributed by atoms with Gasteiger partial charge in [0.2, 0.25) is 0 Å². The topological polar surface area (TPSA) is 66.8 Å². The third-order valence-corrected chi connectivity index (χ3v) is 3.18. The lowest BCUT2D eigenvalue weighted by molar-refractivity contribution is 0.0696. The van der Waals surface area contributed by atoms with Gasteiger partial charge in [0.1, 0.15) is 12.4 Å². The van der Waals surface area contributed by atoms with Crippen molar-refractivity contribution in [1.29, 1.82) is 0 Å². The minimum Gasteiger partial charge on any atom is -0.491 e. The summed E-state index contributed by atoms with van der Waals surface area (Å²) in [7, 11) is 0. The van der Waals surface area contributed by atoms with Crippen molar-refractivity contribution in [2.75, 3.05) is 6.61 Å². The Labute approximate surface area is 120 Å². The molecule has 1 unspecified atom stereocenters. The zero-order valence-electron chi connectivity index (χ0n) is 12.0. The van der Waals surface area contributed by atoms with Gasteiger partial charge in [-0.1, -0.05) is 39.0 Å². The molecule has 20 heavy (non-hydrogen) atoms. The van der Waals surface area contributed by atoms with Crippen LogP contribution in [-0.4, -0.2) is 28.9 Å². The Hall–Kier alpha value is -1.55. The zero-order valence-corrected chi connectivity index (χ0v) is 12.0. The van der Waals surface area contributed by atoms with Crippen molar-refractivity contribution in [2.45, 2.75) is 51.6 Å². The number of hydrogen-bond acceptors (Lipinski definition) is 3. The largest absolute Gasteiger partial charge is 0.491 e. The van der Waals surface area contributed by atoms with Crippen LogP contribution in [0.15, 0.2) is 24.3 Å². The lowest BCUT2D eigenvalue weighted by Crippen LogP contribution is -2.17. The molecule has 0 aliphatic heterocycles. The summed E-state index contributed by atoms with van der Waals surface area (Å²) in [4.78, 5) is 10.7. The van der Waals surface area contributed by atoms with Gasteiger partial charge < -0.3 is 14.9 Å². The van der Waals surface area contributed by atoms with E-state index in [2.05, 4.69) is 6.92 Å². The van der Waals surface area contributed by atoms with Crippen LogP contribution in [0.2, 0.25) is 0 Å². The highest BCUT2D eigenvalue weighted by molar-refractivity contribution is 5.87. The molecule has 0 fully saturated rings. The number of rotatable bonds is 10. The van der Waals surface area contributed by atoms with Crippen LogP contribution >= 0.6 is 0 Å². The van der Waals surface area contributed by atoms with Gasteiger partial charge in [-0.15, -0.1) is 0 Å². The van der Waals surface area contributed by atoms with Crippen molar-refractivity contribution < 1.29 is 19.7 Å². The van der Waals surface area contributed by atoms with Crippen molar-refractivity contribution in [2.24, 2.45) is 0 Å². The molecule has 1 rings (SSSR count). The molecule has 4 nitrogen and oxygen atoms in total. The number of benzene rings is 1. The molecule has 1 atom stereocenters. The molecule has 2 N–H and O–H groups in total. The fraction of sp³-hybridized carbons (Fsp3) is 0.562. The number of hydrogen-bond donors (Lipinski definition) is 2. The molecular formula is C16H24O4. The zero-order chi connectivity index (χ0) is 14.8. The van der Waals surface area contributed by atoms with Crippen LogP contribution in [0.5, 0.6) is 5.75 Å². The van der Waals surface area contributed by atoms with Crippen LogP contribution in [0.3, 0.4) is 0 Å². The first kappa shape index (κ1) is 16.5. The standard InChI is InChI=1S/C16H24O4/c1-2-3-4-5-6-7-14(17)12-20-15-10-8-13(9-11-15)16(18)19/h8-11,14,17H,2-7,12H2,1H3,(H,18,19). The van der Waals surface area contributed by atoms with Crippen molar-refractivity contribution >= 4 is 5.97 Å². The molecule has 1 aromatic rings. The number of carboxylic acids is 1. The number of aliphatic hydroxyl groups excluding tert-OH is 1. The predicted octanol–water partition coefficient (Wildman–Crippen LogP) is 3.49. The highest BCUT2D eigenvalue weighted by atomic mass is 16.5. The Kier molecular flexibility index (Phi) is 7.73. The van der Waals surface area contributed by atoms with E-state index in [4.69, 9.17) is 9.84 Å². The molecule has 0 aliphatic rings. The molecule has 0 bridgehead atoms. The Balaban J connectivity index is 2.20. The molecule has 0 amide bonds. The Morgan fingerprint density at radius 3 is 2.40 bits per heavy atom. The van der Waals surface area contributed by atoms with Crippen LogP contribution in [0.4, 0.5) is 0 Å². The molecule has 0 saturated heterocycles. The third-order valence-electron chi connectivity index (χ3n) is 3.18. The van der Waals surface area contributed by atoms with Gasteiger partial charge in [-0.2, -0.15) is 0 Å². The quantitative estimate of drug-likeness (QED) is 0.644. The first-order valence-electron chi connectivity index (χ1n) is 7.27. The highest BCUT2D eigenvalue weighted by Gasteiger charge is 2.06. The van der Waals surface area contributed by atoms with Gasteiger partial charge in [0.15, 0.2) is 0 Å². The maximum absolute atomic E-state index is 10.7. The molecule has 0 saturated carbocycles. The Morgan fingerprint density at radius 1 is 1.15 bits per heavy atom. The number of aliphatic hydroxyl groups is 1. The van der Waals surface area contributed by atoms with Crippen LogP contribution in [0, 0.1) is 0 Å². The van der Waals surface area contributed by atoms with E-state index in [-0.39, 0.29) is 12.2 Å². The van der Waals surface area contributed by atoms with E-state index >= 15 is 0 Å². The third kappa shape index (κ3) is 6.57. The number of carboxylic acid groups (broad SMARTS) is 1. The second-order valence-electron chi connectivity index (χ2n) is 5.00. The molecule has 112 valence electrons. The summed E-state index contributed by atoms with van der Waals surface area (Å²) in [6.45, 7) is 2.43. The summed E-state index contributed by atoms with van der Waals surface area (Å²) in [5.41, 5.74) is 0.230. The summed E-state index contributed by atoms with van der Waals surface area (Å²) in [6, 6.07) is 6.21. The van der Waals surface area contributed by atoms with Crippen LogP contribution in [0.1, 0.15) is 55.8 Å². The Morgan fingerprint density at radius 2 is 1.80 bits per heavy atom. The predicted molar refractivity (Wildman–Crippen MR) is 78.3 cm³/mol. The first-order chi connectivity index (χ1) is 9.63. The number of aromatic carboxylic acids is 1. The SMILES string of the molecule is CCCCCCCC(O)COc1ccc(C(=O)O)cc1. The van der Waals surface area contributed by atoms with Gasteiger partial charge >= 0.3 is 5.97 Å². The van der Waals surface area contributed by atoms with Gasteiger partial charge in [-0.05, 0) is 30.7 Å². The van der Waals surface area contributed by atoms with E-state index in [0.29, 0.717) is 5.75 Å². The maximum Gasteiger partial charge on any atom is 0.335 e. The first-order valence-corrected chi connectivity index (χ1v) is 7.27. The van der Waals surface area contributed by atoms with E-state index in [0.717, 1.165) is 19.3 Å². The van der Waals surface area contributed by atoms with Crippen molar-refractivity contribution in [3.63, 3.8) is 0 Å². The summed E-state index contributed by atoms with van der Waals surface area (Å²) in [5, 5.41) is 18.6. The van der Waals surface area contributed by atoms with Gasteiger partial charge in [0, 0.05) is 0 Å². The van der Waals surface area contributed by atoms with Gasteiger partial charge in [-0.3, -0.25) is 0 Å². The summed E-state index contributed by atoms with van der Waals surface area (Å²) >= 11 is 0. The lowest BCUT2D eigenvalue weighted by atomic mass is 10.1. The van der Waals surface area contributed by atoms with Gasteiger partial charge in [0.25, 0.3) is 0 Å². The second-order valence-corrected chi connectivity index (χ2v) is 5.00. The summed E-state index contributed by atoms with van der Waals surface area (Å²) in [5.74, 6) is -0.372. The fourth-order valence-electron chi connectivity index (χ4n) is 1.95. The van der Waals surface area contributed by atoms with E-state index < -0.39 is 12.1 Å². The van der Waals surface area contributed by atoms with Crippen molar-refractivity contribution in [3.05, 3.63) is 29.8 Å². The molecule has 1 aromatic carbocycles. The van der Waals surface area contributed by atoms with Crippen LogP contribution in [0.25, 0.3) is 0 Å². The smallest absolute Gasteiger partial charge is 0.335 e.